The summed E-state index contributed by atoms with van der Waals surface area (Å²) in [7, 11) is 0. The van der Waals surface area contributed by atoms with Crippen molar-refractivity contribution >= 4 is 17.3 Å². The first-order valence-corrected chi connectivity index (χ1v) is 6.93. The molecule has 5 heteroatoms. The first kappa shape index (κ1) is 13.1. The third-order valence-electron chi connectivity index (χ3n) is 3.06. The van der Waals surface area contributed by atoms with Crippen LogP contribution < -0.4 is 14.8 Å². The van der Waals surface area contributed by atoms with E-state index in [0.717, 1.165) is 29.2 Å². The number of nitrogens with zero attached hydrogens (tertiary/aromatic N) is 1. The summed E-state index contributed by atoms with van der Waals surface area (Å²) < 4.78 is 11.5. The number of rotatable bonds is 3. The lowest BCUT2D eigenvalue weighted by Crippen LogP contribution is -2.03. The Morgan fingerprint density at radius 3 is 2.90 bits per heavy atom. The van der Waals surface area contributed by atoms with Gasteiger partial charge in [0.05, 0.1) is 25.1 Å². The largest absolute Gasteiger partial charge is 0.490 e. The number of nitrogens with one attached hydrogen (secondary N) is 1. The number of hydrogen-bond acceptors (Lipinski definition) is 4. The average Bonchev–Trinajstić information content (AvgIpc) is 2.72. The van der Waals surface area contributed by atoms with Crippen LogP contribution in [-0.4, -0.2) is 18.2 Å². The molecule has 0 radical (unpaired) electrons. The maximum absolute atomic E-state index is 5.79. The number of hydrogen-bond donors (Lipinski definition) is 1. The van der Waals surface area contributed by atoms with Crippen LogP contribution in [0.3, 0.4) is 0 Å². The first-order valence-electron chi connectivity index (χ1n) is 6.56. The summed E-state index contributed by atoms with van der Waals surface area (Å²) in [4.78, 5) is 4.04. The first-order chi connectivity index (χ1) is 9.83. The van der Waals surface area contributed by atoms with E-state index in [0.29, 0.717) is 24.9 Å². The molecule has 0 amide bonds. The van der Waals surface area contributed by atoms with E-state index in [9.17, 15) is 0 Å². The summed E-state index contributed by atoms with van der Waals surface area (Å²) in [6.07, 6.45) is 2.62. The normalized spacial score (nSPS) is 13.7. The zero-order valence-electron chi connectivity index (χ0n) is 10.9. The molecule has 0 atom stereocenters. The van der Waals surface area contributed by atoms with E-state index >= 15 is 0 Å². The minimum atomic E-state index is 0.487. The predicted octanol–water partition coefficient (Wildman–Crippen LogP) is 3.51. The lowest BCUT2D eigenvalue weighted by Gasteiger charge is -2.13. The fraction of sp³-hybridized carbons (Fsp3) is 0.267. The highest BCUT2D eigenvalue weighted by Gasteiger charge is 2.14. The van der Waals surface area contributed by atoms with Crippen molar-refractivity contribution in [3.8, 4) is 11.5 Å². The van der Waals surface area contributed by atoms with Crippen LogP contribution in [0.2, 0.25) is 5.15 Å². The average molecular weight is 291 g/mol. The lowest BCUT2D eigenvalue weighted by molar-refractivity contribution is 0.296. The fourth-order valence-corrected chi connectivity index (χ4v) is 2.18. The Hall–Kier alpha value is -1.94. The second-order valence-electron chi connectivity index (χ2n) is 4.52. The molecular formula is C15H15ClN2O2. The Morgan fingerprint density at radius 2 is 2.05 bits per heavy atom. The molecule has 3 rings (SSSR count). The molecule has 20 heavy (non-hydrogen) atoms. The van der Waals surface area contributed by atoms with Gasteiger partial charge in [-0.3, -0.25) is 0 Å². The Balaban J connectivity index is 1.75. The number of halogens is 1. The Bertz CT molecular complexity index is 587. The summed E-state index contributed by atoms with van der Waals surface area (Å²) in [6, 6.07) is 9.60. The zero-order valence-corrected chi connectivity index (χ0v) is 11.7. The molecule has 0 bridgehead atoms. The number of benzene rings is 1. The third kappa shape index (κ3) is 2.96. The summed E-state index contributed by atoms with van der Waals surface area (Å²) in [5.41, 5.74) is 1.99. The maximum Gasteiger partial charge on any atom is 0.166 e. The van der Waals surface area contributed by atoms with Gasteiger partial charge in [0.2, 0.25) is 0 Å². The highest BCUT2D eigenvalue weighted by atomic mass is 35.5. The Morgan fingerprint density at radius 1 is 1.15 bits per heavy atom. The van der Waals surface area contributed by atoms with Crippen LogP contribution in [-0.2, 0) is 6.54 Å². The SMILES string of the molecule is Clc1ccc(NCc2cccc3c2OCCCO3)cn1. The summed E-state index contributed by atoms with van der Waals surface area (Å²) >= 11 is 5.77. The molecule has 0 saturated heterocycles. The van der Waals surface area contributed by atoms with Crippen LogP contribution in [0.5, 0.6) is 11.5 Å². The molecule has 1 aromatic carbocycles. The molecule has 2 heterocycles. The predicted molar refractivity (Wildman–Crippen MR) is 78.6 cm³/mol. The molecule has 4 nitrogen and oxygen atoms in total. The number of fused-ring (bicyclic) bond motifs is 1. The van der Waals surface area contributed by atoms with Crippen molar-refractivity contribution in [2.75, 3.05) is 18.5 Å². The van der Waals surface area contributed by atoms with Crippen molar-refractivity contribution in [2.24, 2.45) is 0 Å². The monoisotopic (exact) mass is 290 g/mol. The number of anilines is 1. The number of pyridine rings is 1. The highest BCUT2D eigenvalue weighted by Crippen LogP contribution is 2.33. The second kappa shape index (κ2) is 6.01. The van der Waals surface area contributed by atoms with Crippen molar-refractivity contribution < 1.29 is 9.47 Å². The van der Waals surface area contributed by atoms with Crippen molar-refractivity contribution in [1.82, 2.24) is 4.98 Å². The van der Waals surface area contributed by atoms with Crippen LogP contribution >= 0.6 is 11.6 Å². The summed E-state index contributed by atoms with van der Waals surface area (Å²) in [5.74, 6) is 1.65. The molecule has 1 aliphatic heterocycles. The van der Waals surface area contributed by atoms with Crippen LogP contribution in [0.15, 0.2) is 36.5 Å². The second-order valence-corrected chi connectivity index (χ2v) is 4.91. The van der Waals surface area contributed by atoms with E-state index in [1.807, 2.05) is 24.3 Å². The van der Waals surface area contributed by atoms with Crippen molar-refractivity contribution in [3.63, 3.8) is 0 Å². The van der Waals surface area contributed by atoms with Crippen LogP contribution in [0.1, 0.15) is 12.0 Å². The molecule has 2 aromatic rings. The van der Waals surface area contributed by atoms with Gasteiger partial charge >= 0.3 is 0 Å². The van der Waals surface area contributed by atoms with Gasteiger partial charge in [-0.15, -0.1) is 0 Å². The lowest BCUT2D eigenvalue weighted by atomic mass is 10.2. The third-order valence-corrected chi connectivity index (χ3v) is 3.29. The number of aromatic nitrogens is 1. The zero-order chi connectivity index (χ0) is 13.8. The van der Waals surface area contributed by atoms with Gasteiger partial charge in [0.15, 0.2) is 11.5 Å². The summed E-state index contributed by atoms with van der Waals surface area (Å²) in [6.45, 7) is 2.04. The van der Waals surface area contributed by atoms with Gasteiger partial charge in [-0.05, 0) is 18.2 Å². The quantitative estimate of drug-likeness (QED) is 0.879. The molecule has 1 N–H and O–H groups in total. The molecule has 0 saturated carbocycles. The fourth-order valence-electron chi connectivity index (χ4n) is 2.07. The van der Waals surface area contributed by atoms with Gasteiger partial charge in [-0.25, -0.2) is 4.98 Å². The number of ether oxygens (including phenoxy) is 2. The molecular weight excluding hydrogens is 276 g/mol. The van der Waals surface area contributed by atoms with E-state index < -0.39 is 0 Å². The van der Waals surface area contributed by atoms with Gasteiger partial charge in [-0.1, -0.05) is 23.7 Å². The number of para-hydroxylation sites is 1. The molecule has 0 aliphatic carbocycles. The van der Waals surface area contributed by atoms with Gasteiger partial charge in [0.1, 0.15) is 5.15 Å². The molecule has 0 spiro atoms. The van der Waals surface area contributed by atoms with Crippen LogP contribution in [0.25, 0.3) is 0 Å². The topological polar surface area (TPSA) is 43.4 Å². The van der Waals surface area contributed by atoms with Crippen LogP contribution in [0.4, 0.5) is 5.69 Å². The van der Waals surface area contributed by atoms with Gasteiger partial charge < -0.3 is 14.8 Å². The van der Waals surface area contributed by atoms with Gasteiger partial charge in [0.25, 0.3) is 0 Å². The van der Waals surface area contributed by atoms with Crippen molar-refractivity contribution in [2.45, 2.75) is 13.0 Å². The molecule has 0 unspecified atom stereocenters. The van der Waals surface area contributed by atoms with Crippen LogP contribution in [0, 0.1) is 0 Å². The highest BCUT2D eigenvalue weighted by molar-refractivity contribution is 6.29. The minimum absolute atomic E-state index is 0.487. The van der Waals surface area contributed by atoms with E-state index in [-0.39, 0.29) is 0 Å². The van der Waals surface area contributed by atoms with E-state index in [2.05, 4.69) is 10.3 Å². The Kier molecular flexibility index (Phi) is 3.92. The smallest absolute Gasteiger partial charge is 0.166 e. The van der Waals surface area contributed by atoms with E-state index in [1.165, 1.54) is 0 Å². The molecule has 1 aliphatic rings. The van der Waals surface area contributed by atoms with E-state index in [1.54, 1.807) is 12.3 Å². The van der Waals surface area contributed by atoms with Crippen molar-refractivity contribution in [3.05, 3.63) is 47.2 Å². The molecule has 104 valence electrons. The molecule has 0 fully saturated rings. The van der Waals surface area contributed by atoms with Crippen molar-refractivity contribution in [1.29, 1.82) is 0 Å². The van der Waals surface area contributed by atoms with Gasteiger partial charge in [0, 0.05) is 18.5 Å². The van der Waals surface area contributed by atoms with Gasteiger partial charge in [-0.2, -0.15) is 0 Å². The minimum Gasteiger partial charge on any atom is -0.490 e. The summed E-state index contributed by atoms with van der Waals surface area (Å²) in [5, 5.41) is 3.79. The standard InChI is InChI=1S/C15H15ClN2O2/c16-14-6-5-12(10-18-14)17-9-11-3-1-4-13-15(11)20-8-2-7-19-13/h1,3-6,10,17H,2,7-9H2. The molecule has 1 aromatic heterocycles. The maximum atomic E-state index is 5.79. The van der Waals surface area contributed by atoms with E-state index in [4.69, 9.17) is 21.1 Å². The Labute approximate surface area is 122 Å².